The van der Waals surface area contributed by atoms with Gasteiger partial charge in [-0.05, 0) is 48.9 Å². The number of ether oxygens (including phenoxy) is 1. The van der Waals surface area contributed by atoms with E-state index < -0.39 is 0 Å². The zero-order chi connectivity index (χ0) is 20.4. The van der Waals surface area contributed by atoms with Crippen LogP contribution in [0.5, 0.6) is 5.75 Å². The third-order valence-electron chi connectivity index (χ3n) is 4.64. The summed E-state index contributed by atoms with van der Waals surface area (Å²) in [6, 6.07) is 21.0. The molecule has 4 nitrogen and oxygen atoms in total. The molecule has 0 N–H and O–H groups in total. The first kappa shape index (κ1) is 19.0. The maximum absolute atomic E-state index is 13.0. The zero-order valence-electron chi connectivity index (χ0n) is 15.6. The van der Waals surface area contributed by atoms with Crippen molar-refractivity contribution in [2.24, 2.45) is 0 Å². The Hall–Kier alpha value is -3.37. The predicted octanol–water partition coefficient (Wildman–Crippen LogP) is 5.68. The minimum atomic E-state index is -0.168. The number of ketones is 1. The first-order chi connectivity index (χ1) is 14.0. The molecule has 0 fully saturated rings. The van der Waals surface area contributed by atoms with Crippen LogP contribution in [0.3, 0.4) is 0 Å². The van der Waals surface area contributed by atoms with Gasteiger partial charge in [0.2, 0.25) is 5.43 Å². The normalized spacial score (nSPS) is 10.8. The average Bonchev–Trinajstić information content (AvgIpc) is 2.73. The molecular weight excluding hydrogens is 388 g/mol. The van der Waals surface area contributed by atoms with Crippen molar-refractivity contribution in [2.45, 2.75) is 6.92 Å². The zero-order valence-corrected chi connectivity index (χ0v) is 16.4. The monoisotopic (exact) mass is 404 g/mol. The van der Waals surface area contributed by atoms with E-state index in [1.165, 1.54) is 0 Å². The molecule has 3 aromatic carbocycles. The van der Waals surface area contributed by atoms with E-state index in [4.69, 9.17) is 20.8 Å². The molecule has 29 heavy (non-hydrogen) atoms. The molecule has 0 saturated carbocycles. The summed E-state index contributed by atoms with van der Waals surface area (Å²) >= 11 is 5.84. The van der Waals surface area contributed by atoms with Gasteiger partial charge in [0.25, 0.3) is 0 Å². The number of fused-ring (bicyclic) bond motifs is 1. The molecule has 0 saturated heterocycles. The van der Waals surface area contributed by atoms with Crippen LogP contribution in [0.4, 0.5) is 0 Å². The highest BCUT2D eigenvalue weighted by Crippen LogP contribution is 2.26. The number of halogens is 1. The molecule has 1 aromatic heterocycles. The van der Waals surface area contributed by atoms with Crippen molar-refractivity contribution in [3.05, 3.63) is 99.4 Å². The van der Waals surface area contributed by atoms with Crippen LogP contribution in [-0.2, 0) is 0 Å². The van der Waals surface area contributed by atoms with E-state index in [-0.39, 0.29) is 17.8 Å². The fraction of sp³-hybridized carbons (Fsp3) is 0.0833. The Morgan fingerprint density at radius 3 is 2.45 bits per heavy atom. The van der Waals surface area contributed by atoms with Crippen LogP contribution in [0, 0.1) is 6.92 Å². The lowest BCUT2D eigenvalue weighted by Crippen LogP contribution is -2.12. The minimum Gasteiger partial charge on any atom is -0.485 e. The van der Waals surface area contributed by atoms with Crippen LogP contribution in [0.2, 0.25) is 5.02 Å². The highest BCUT2D eigenvalue weighted by Gasteiger charge is 2.14. The number of hydrogen-bond donors (Lipinski definition) is 0. The van der Waals surface area contributed by atoms with Gasteiger partial charge < -0.3 is 9.15 Å². The van der Waals surface area contributed by atoms with E-state index in [2.05, 4.69) is 0 Å². The van der Waals surface area contributed by atoms with E-state index in [0.29, 0.717) is 38.6 Å². The van der Waals surface area contributed by atoms with Crippen molar-refractivity contribution < 1.29 is 13.9 Å². The number of aryl methyl sites for hydroxylation is 1. The van der Waals surface area contributed by atoms with Crippen LogP contribution in [0.15, 0.2) is 82.0 Å². The molecule has 0 aliphatic heterocycles. The van der Waals surface area contributed by atoms with Crippen molar-refractivity contribution in [1.82, 2.24) is 0 Å². The molecule has 5 heteroatoms. The van der Waals surface area contributed by atoms with Gasteiger partial charge in [-0.25, -0.2) is 0 Å². The van der Waals surface area contributed by atoms with E-state index >= 15 is 0 Å². The Balaban J connectivity index is 1.61. The third kappa shape index (κ3) is 3.93. The molecule has 0 bridgehead atoms. The predicted molar refractivity (Wildman–Crippen MR) is 114 cm³/mol. The average molecular weight is 405 g/mol. The number of rotatable bonds is 5. The van der Waals surface area contributed by atoms with Gasteiger partial charge in [-0.15, -0.1) is 0 Å². The van der Waals surface area contributed by atoms with Crippen LogP contribution < -0.4 is 10.2 Å². The highest BCUT2D eigenvalue weighted by atomic mass is 35.5. The van der Waals surface area contributed by atoms with Gasteiger partial charge in [-0.2, -0.15) is 0 Å². The van der Waals surface area contributed by atoms with Gasteiger partial charge in [0, 0.05) is 16.7 Å². The van der Waals surface area contributed by atoms with Gasteiger partial charge in [0.15, 0.2) is 12.4 Å². The fourth-order valence-corrected chi connectivity index (χ4v) is 3.31. The molecule has 0 unspecified atom stereocenters. The lowest BCUT2D eigenvalue weighted by molar-refractivity contribution is 0.0921. The second-order valence-electron chi connectivity index (χ2n) is 6.61. The molecule has 1 heterocycles. The third-order valence-corrected chi connectivity index (χ3v) is 4.89. The van der Waals surface area contributed by atoms with Gasteiger partial charge in [0.05, 0.1) is 10.9 Å². The number of hydrogen-bond acceptors (Lipinski definition) is 4. The summed E-state index contributed by atoms with van der Waals surface area (Å²) in [6.45, 7) is 1.64. The first-order valence-corrected chi connectivity index (χ1v) is 9.45. The van der Waals surface area contributed by atoms with Crippen LogP contribution >= 0.6 is 11.6 Å². The van der Waals surface area contributed by atoms with E-state index in [9.17, 15) is 9.59 Å². The molecule has 4 rings (SSSR count). The Labute approximate surface area is 172 Å². The lowest BCUT2D eigenvalue weighted by atomic mass is 10.0. The van der Waals surface area contributed by atoms with Gasteiger partial charge in [-0.3, -0.25) is 9.59 Å². The second kappa shape index (κ2) is 7.94. The smallest absolute Gasteiger partial charge is 0.200 e. The molecule has 4 aromatic rings. The summed E-state index contributed by atoms with van der Waals surface area (Å²) in [5, 5.41) is 1.03. The second-order valence-corrected chi connectivity index (χ2v) is 7.04. The standard InChI is InChI=1S/C24H17ClO4/c1-15-23(17-5-3-2-4-6-17)24(27)20-12-11-19(13-22(20)29-15)28-14-21(26)16-7-9-18(25)10-8-16/h2-13H,14H2,1H3. The van der Waals surface area contributed by atoms with Crippen molar-refractivity contribution in [1.29, 1.82) is 0 Å². The van der Waals surface area contributed by atoms with Gasteiger partial charge in [0.1, 0.15) is 17.1 Å². The van der Waals surface area contributed by atoms with Crippen molar-refractivity contribution in [3.63, 3.8) is 0 Å². The Kier molecular flexibility index (Phi) is 5.19. The molecule has 0 spiro atoms. The first-order valence-electron chi connectivity index (χ1n) is 9.07. The molecule has 144 valence electrons. The number of carbonyl (C=O) groups excluding carboxylic acids is 1. The van der Waals surface area contributed by atoms with E-state index in [1.54, 1.807) is 49.4 Å². The van der Waals surface area contributed by atoms with Crippen LogP contribution in [0.1, 0.15) is 16.1 Å². The molecular formula is C24H17ClO4. The van der Waals surface area contributed by atoms with Crippen LogP contribution in [-0.4, -0.2) is 12.4 Å². The quantitative estimate of drug-likeness (QED) is 0.401. The lowest BCUT2D eigenvalue weighted by Gasteiger charge is -2.09. The molecule has 0 aliphatic carbocycles. The van der Waals surface area contributed by atoms with E-state index in [0.717, 1.165) is 5.56 Å². The number of benzene rings is 3. The summed E-state index contributed by atoms with van der Waals surface area (Å²) in [6.07, 6.45) is 0. The summed E-state index contributed by atoms with van der Waals surface area (Å²) < 4.78 is 11.5. The summed E-state index contributed by atoms with van der Waals surface area (Å²) in [5.74, 6) is 0.816. The maximum atomic E-state index is 13.0. The maximum Gasteiger partial charge on any atom is 0.200 e. The van der Waals surface area contributed by atoms with Gasteiger partial charge in [-0.1, -0.05) is 41.9 Å². The van der Waals surface area contributed by atoms with E-state index in [1.807, 2.05) is 30.3 Å². The Morgan fingerprint density at radius 2 is 1.72 bits per heavy atom. The Morgan fingerprint density at radius 1 is 1.00 bits per heavy atom. The molecule has 0 radical (unpaired) electrons. The minimum absolute atomic E-state index is 0.0984. The van der Waals surface area contributed by atoms with Crippen molar-refractivity contribution >= 4 is 28.4 Å². The van der Waals surface area contributed by atoms with Crippen molar-refractivity contribution in [2.75, 3.05) is 6.61 Å². The number of carbonyl (C=O) groups is 1. The molecule has 0 aliphatic rings. The SMILES string of the molecule is Cc1oc2cc(OCC(=O)c3ccc(Cl)cc3)ccc2c(=O)c1-c1ccccc1. The largest absolute Gasteiger partial charge is 0.485 e. The highest BCUT2D eigenvalue weighted by molar-refractivity contribution is 6.30. The molecule has 0 amide bonds. The summed E-state index contributed by atoms with van der Waals surface area (Å²) in [4.78, 5) is 25.2. The summed E-state index contributed by atoms with van der Waals surface area (Å²) in [5.41, 5.74) is 2.20. The fourth-order valence-electron chi connectivity index (χ4n) is 3.18. The van der Waals surface area contributed by atoms with Gasteiger partial charge >= 0.3 is 0 Å². The summed E-state index contributed by atoms with van der Waals surface area (Å²) in [7, 11) is 0. The number of Topliss-reactive ketones (excluding diaryl/α,β-unsaturated/α-hetero) is 1. The Bertz CT molecular complexity index is 1240. The topological polar surface area (TPSA) is 56.5 Å². The van der Waals surface area contributed by atoms with Crippen LogP contribution in [0.25, 0.3) is 22.1 Å². The molecule has 0 atom stereocenters. The van der Waals surface area contributed by atoms with Crippen molar-refractivity contribution in [3.8, 4) is 16.9 Å².